The summed E-state index contributed by atoms with van der Waals surface area (Å²) in [5.74, 6) is -0.484. The van der Waals surface area contributed by atoms with Crippen LogP contribution in [0.25, 0.3) is 0 Å². The quantitative estimate of drug-likeness (QED) is 0.863. The molecule has 2 heterocycles. The van der Waals surface area contributed by atoms with Gasteiger partial charge in [-0.15, -0.1) is 0 Å². The number of rotatable bonds is 5. The van der Waals surface area contributed by atoms with Gasteiger partial charge in [0, 0.05) is 37.5 Å². The molecule has 0 bridgehead atoms. The van der Waals surface area contributed by atoms with Gasteiger partial charge in [0.15, 0.2) is 0 Å². The fourth-order valence-electron chi connectivity index (χ4n) is 3.54. The third kappa shape index (κ3) is 3.95. The van der Waals surface area contributed by atoms with Crippen LogP contribution < -0.4 is 0 Å². The van der Waals surface area contributed by atoms with Crippen molar-refractivity contribution < 1.29 is 14.7 Å². The van der Waals surface area contributed by atoms with Crippen molar-refractivity contribution in [1.82, 2.24) is 15.1 Å². The molecule has 1 aromatic heterocycles. The van der Waals surface area contributed by atoms with E-state index >= 15 is 0 Å². The number of carboxylic acids is 1. The molecule has 3 rings (SSSR count). The second-order valence-electron chi connectivity index (χ2n) is 7.03. The van der Waals surface area contributed by atoms with Crippen molar-refractivity contribution in [3.63, 3.8) is 0 Å². The molecular weight excluding hydrogens is 330 g/mol. The van der Waals surface area contributed by atoms with Crippen molar-refractivity contribution in [2.24, 2.45) is 0 Å². The summed E-state index contributed by atoms with van der Waals surface area (Å²) in [6.07, 6.45) is 3.12. The molecule has 2 aromatic rings. The number of carbonyl (C=O) groups is 2. The van der Waals surface area contributed by atoms with Gasteiger partial charge in [-0.3, -0.25) is 9.89 Å². The summed E-state index contributed by atoms with van der Waals surface area (Å²) >= 11 is 0. The van der Waals surface area contributed by atoms with Gasteiger partial charge in [-0.2, -0.15) is 5.10 Å². The van der Waals surface area contributed by atoms with Crippen molar-refractivity contribution in [3.05, 3.63) is 52.3 Å². The van der Waals surface area contributed by atoms with E-state index in [9.17, 15) is 9.59 Å². The summed E-state index contributed by atoms with van der Waals surface area (Å²) in [7, 11) is 0. The van der Waals surface area contributed by atoms with Gasteiger partial charge >= 0.3 is 5.97 Å². The second-order valence-corrected chi connectivity index (χ2v) is 7.03. The number of piperidine rings is 1. The van der Waals surface area contributed by atoms with E-state index in [1.54, 1.807) is 12.1 Å². The molecule has 2 N–H and O–H groups in total. The second kappa shape index (κ2) is 7.72. The third-order valence-electron chi connectivity index (χ3n) is 5.33. The molecule has 1 saturated heterocycles. The highest BCUT2D eigenvalue weighted by atomic mass is 16.4. The van der Waals surface area contributed by atoms with Crippen molar-refractivity contribution in [1.29, 1.82) is 0 Å². The first-order valence-corrected chi connectivity index (χ1v) is 9.07. The summed E-state index contributed by atoms with van der Waals surface area (Å²) in [6, 6.07) is 7.03. The van der Waals surface area contributed by atoms with Crippen LogP contribution in [0.1, 0.15) is 58.1 Å². The lowest BCUT2D eigenvalue weighted by molar-refractivity contribution is -0.132. The topological polar surface area (TPSA) is 86.3 Å². The average molecular weight is 355 g/mol. The number of benzene rings is 1. The fourth-order valence-corrected chi connectivity index (χ4v) is 3.54. The number of aryl methyl sites for hydroxylation is 2. The third-order valence-corrected chi connectivity index (χ3v) is 5.33. The van der Waals surface area contributed by atoms with E-state index in [0.29, 0.717) is 24.9 Å². The number of aromatic nitrogens is 2. The molecule has 138 valence electrons. The van der Waals surface area contributed by atoms with Gasteiger partial charge in [-0.1, -0.05) is 12.1 Å². The maximum absolute atomic E-state index is 12.6. The number of aromatic carboxylic acids is 1. The van der Waals surface area contributed by atoms with Gasteiger partial charge in [-0.25, -0.2) is 4.79 Å². The number of nitrogens with one attached hydrogen (secondary N) is 1. The van der Waals surface area contributed by atoms with Crippen LogP contribution in [0.3, 0.4) is 0 Å². The van der Waals surface area contributed by atoms with Gasteiger partial charge in [0.2, 0.25) is 5.91 Å². The normalized spacial score (nSPS) is 17.3. The van der Waals surface area contributed by atoms with E-state index in [0.717, 1.165) is 41.9 Å². The molecule has 1 fully saturated rings. The smallest absolute Gasteiger partial charge is 0.335 e. The zero-order valence-corrected chi connectivity index (χ0v) is 15.3. The lowest BCUT2D eigenvalue weighted by Crippen LogP contribution is -2.39. The van der Waals surface area contributed by atoms with E-state index < -0.39 is 5.97 Å². The zero-order valence-electron chi connectivity index (χ0n) is 15.3. The first kappa shape index (κ1) is 18.2. The monoisotopic (exact) mass is 355 g/mol. The van der Waals surface area contributed by atoms with Crippen molar-refractivity contribution >= 4 is 11.9 Å². The molecule has 1 atom stereocenters. The largest absolute Gasteiger partial charge is 0.478 e. The average Bonchev–Trinajstić information content (AvgIpc) is 2.98. The number of hydrogen-bond donors (Lipinski definition) is 2. The number of nitrogens with zero attached hydrogens (tertiary/aromatic N) is 2. The Morgan fingerprint density at radius 1 is 1.27 bits per heavy atom. The SMILES string of the molecule is Cc1[nH]nc(CCC(=O)N2CCC[C@H](c3ccc(C(=O)O)cc3)C2)c1C. The Labute approximate surface area is 153 Å². The highest BCUT2D eigenvalue weighted by Gasteiger charge is 2.25. The molecule has 26 heavy (non-hydrogen) atoms. The van der Waals surface area contributed by atoms with Crippen LogP contribution >= 0.6 is 0 Å². The minimum atomic E-state index is -0.916. The standard InChI is InChI=1S/C20H25N3O3/c1-13-14(2)21-22-18(13)9-10-19(24)23-11-3-4-17(12-23)15-5-7-16(8-6-15)20(25)26/h5-8,17H,3-4,9-12H2,1-2H3,(H,21,22)(H,25,26)/t17-/m0/s1. The molecule has 0 radical (unpaired) electrons. The number of carboxylic acid groups (broad SMARTS) is 1. The highest BCUT2D eigenvalue weighted by molar-refractivity contribution is 5.87. The Morgan fingerprint density at radius 3 is 2.62 bits per heavy atom. The molecule has 1 aliphatic heterocycles. The molecule has 1 aromatic carbocycles. The number of aromatic amines is 1. The minimum absolute atomic E-state index is 0.164. The van der Waals surface area contributed by atoms with Crippen LogP contribution in [0, 0.1) is 13.8 Å². The molecule has 0 unspecified atom stereocenters. The predicted octanol–water partition coefficient (Wildman–Crippen LogP) is 3.06. The Kier molecular flexibility index (Phi) is 5.40. The van der Waals surface area contributed by atoms with E-state index in [2.05, 4.69) is 10.2 Å². The van der Waals surface area contributed by atoms with Crippen LogP contribution in [-0.2, 0) is 11.2 Å². The molecule has 0 spiro atoms. The highest BCUT2D eigenvalue weighted by Crippen LogP contribution is 2.27. The molecular formula is C20H25N3O3. The van der Waals surface area contributed by atoms with Crippen molar-refractivity contribution in [3.8, 4) is 0 Å². The van der Waals surface area contributed by atoms with Gasteiger partial charge in [0.05, 0.1) is 11.3 Å². The number of carbonyl (C=O) groups excluding carboxylic acids is 1. The minimum Gasteiger partial charge on any atom is -0.478 e. The van der Waals surface area contributed by atoms with Gasteiger partial charge in [-0.05, 0) is 49.9 Å². The first-order chi connectivity index (χ1) is 12.5. The number of hydrogen-bond acceptors (Lipinski definition) is 3. The summed E-state index contributed by atoms with van der Waals surface area (Å²) in [4.78, 5) is 25.5. The number of amides is 1. The fraction of sp³-hybridized carbons (Fsp3) is 0.450. The van der Waals surface area contributed by atoms with Crippen LogP contribution in [0.4, 0.5) is 0 Å². The molecule has 6 nitrogen and oxygen atoms in total. The summed E-state index contributed by atoms with van der Waals surface area (Å²) in [5.41, 5.74) is 4.55. The molecule has 1 amide bonds. The Balaban J connectivity index is 1.59. The number of H-pyrrole nitrogens is 1. The lowest BCUT2D eigenvalue weighted by Gasteiger charge is -2.33. The predicted molar refractivity (Wildman–Crippen MR) is 98.3 cm³/mol. The van der Waals surface area contributed by atoms with Gasteiger partial charge in [0.25, 0.3) is 0 Å². The van der Waals surface area contributed by atoms with E-state index in [-0.39, 0.29) is 11.8 Å². The van der Waals surface area contributed by atoms with E-state index in [1.807, 2.05) is 30.9 Å². The maximum Gasteiger partial charge on any atom is 0.335 e. The Morgan fingerprint density at radius 2 is 2.00 bits per heavy atom. The summed E-state index contributed by atoms with van der Waals surface area (Å²) < 4.78 is 0. The molecule has 0 saturated carbocycles. The Bertz CT molecular complexity index is 795. The van der Waals surface area contributed by atoms with Crippen LogP contribution in [0.2, 0.25) is 0 Å². The van der Waals surface area contributed by atoms with Gasteiger partial charge in [0.1, 0.15) is 0 Å². The van der Waals surface area contributed by atoms with Gasteiger partial charge < -0.3 is 10.0 Å². The van der Waals surface area contributed by atoms with E-state index in [4.69, 9.17) is 5.11 Å². The van der Waals surface area contributed by atoms with Crippen LogP contribution in [-0.4, -0.2) is 45.2 Å². The lowest BCUT2D eigenvalue weighted by atomic mass is 9.90. The molecule has 0 aliphatic carbocycles. The zero-order chi connectivity index (χ0) is 18.7. The van der Waals surface area contributed by atoms with Crippen molar-refractivity contribution in [2.45, 2.75) is 45.4 Å². The number of likely N-dealkylation sites (tertiary alicyclic amines) is 1. The van der Waals surface area contributed by atoms with Crippen LogP contribution in [0.15, 0.2) is 24.3 Å². The van der Waals surface area contributed by atoms with E-state index in [1.165, 1.54) is 0 Å². The summed E-state index contributed by atoms with van der Waals surface area (Å²) in [6.45, 7) is 5.50. The maximum atomic E-state index is 12.6. The summed E-state index contributed by atoms with van der Waals surface area (Å²) in [5, 5.41) is 16.3. The Hall–Kier alpha value is -2.63. The van der Waals surface area contributed by atoms with Crippen LogP contribution in [0.5, 0.6) is 0 Å². The first-order valence-electron chi connectivity index (χ1n) is 9.07. The molecule has 1 aliphatic rings. The molecule has 6 heteroatoms. The van der Waals surface area contributed by atoms with Crippen molar-refractivity contribution in [2.75, 3.05) is 13.1 Å².